The SMILES string of the molecule is CCNC(=NCC(C)N1CCOCC1C)NCC(OC)C(C)(C)C. The smallest absolute Gasteiger partial charge is 0.191 e. The summed E-state index contributed by atoms with van der Waals surface area (Å²) < 4.78 is 11.1. The van der Waals surface area contributed by atoms with Crippen molar-refractivity contribution in [2.24, 2.45) is 10.4 Å². The topological polar surface area (TPSA) is 58.1 Å². The van der Waals surface area contributed by atoms with Gasteiger partial charge in [0.2, 0.25) is 0 Å². The Morgan fingerprint density at radius 1 is 1.38 bits per heavy atom. The Bertz CT molecular complexity index is 382. The molecule has 1 aliphatic rings. The van der Waals surface area contributed by atoms with E-state index in [-0.39, 0.29) is 11.5 Å². The predicted molar refractivity (Wildman–Crippen MR) is 101 cm³/mol. The molecule has 0 aromatic rings. The molecular formula is C18H38N4O2. The Morgan fingerprint density at radius 2 is 2.08 bits per heavy atom. The molecule has 142 valence electrons. The van der Waals surface area contributed by atoms with E-state index in [1.807, 2.05) is 0 Å². The van der Waals surface area contributed by atoms with Crippen LogP contribution in [0.1, 0.15) is 41.5 Å². The molecule has 0 aromatic heterocycles. The number of nitrogens with zero attached hydrogens (tertiary/aromatic N) is 2. The first-order valence-corrected chi connectivity index (χ1v) is 9.18. The van der Waals surface area contributed by atoms with Crippen LogP contribution in [-0.4, -0.2) is 75.5 Å². The number of nitrogens with one attached hydrogen (secondary N) is 2. The van der Waals surface area contributed by atoms with Gasteiger partial charge in [-0.1, -0.05) is 20.8 Å². The Morgan fingerprint density at radius 3 is 2.62 bits per heavy atom. The van der Waals surface area contributed by atoms with Gasteiger partial charge in [0.1, 0.15) is 0 Å². The first-order chi connectivity index (χ1) is 11.3. The molecule has 1 heterocycles. The minimum absolute atomic E-state index is 0.0929. The lowest BCUT2D eigenvalue weighted by atomic mass is 9.89. The molecule has 0 aliphatic carbocycles. The molecule has 1 saturated heterocycles. The summed E-state index contributed by atoms with van der Waals surface area (Å²) in [5.41, 5.74) is 0.0929. The maximum Gasteiger partial charge on any atom is 0.191 e. The number of hydrogen-bond donors (Lipinski definition) is 2. The van der Waals surface area contributed by atoms with Crippen LogP contribution in [0.2, 0.25) is 0 Å². The molecule has 1 aliphatic heterocycles. The molecule has 0 amide bonds. The highest BCUT2D eigenvalue weighted by molar-refractivity contribution is 5.79. The lowest BCUT2D eigenvalue weighted by Gasteiger charge is -2.37. The van der Waals surface area contributed by atoms with Gasteiger partial charge in [-0.15, -0.1) is 0 Å². The van der Waals surface area contributed by atoms with Crippen LogP contribution in [0, 0.1) is 5.41 Å². The zero-order chi connectivity index (χ0) is 18.2. The summed E-state index contributed by atoms with van der Waals surface area (Å²) in [6.45, 7) is 18.1. The molecule has 0 bridgehead atoms. The summed E-state index contributed by atoms with van der Waals surface area (Å²) in [4.78, 5) is 7.24. The molecule has 0 radical (unpaired) electrons. The van der Waals surface area contributed by atoms with Crippen LogP contribution in [0.15, 0.2) is 4.99 Å². The Kier molecular flexibility index (Phi) is 9.02. The van der Waals surface area contributed by atoms with Crippen LogP contribution < -0.4 is 10.6 Å². The molecule has 3 atom stereocenters. The van der Waals surface area contributed by atoms with Crippen LogP contribution in [0.25, 0.3) is 0 Å². The first-order valence-electron chi connectivity index (χ1n) is 9.18. The minimum atomic E-state index is 0.0929. The van der Waals surface area contributed by atoms with Gasteiger partial charge in [0.25, 0.3) is 0 Å². The molecule has 0 spiro atoms. The van der Waals surface area contributed by atoms with E-state index in [0.29, 0.717) is 12.1 Å². The second-order valence-electron chi connectivity index (χ2n) is 7.70. The third-order valence-electron chi connectivity index (χ3n) is 4.55. The summed E-state index contributed by atoms with van der Waals surface area (Å²) in [6.07, 6.45) is 0.137. The van der Waals surface area contributed by atoms with Crippen molar-refractivity contribution in [3.05, 3.63) is 0 Å². The van der Waals surface area contributed by atoms with Gasteiger partial charge >= 0.3 is 0 Å². The highest BCUT2D eigenvalue weighted by Crippen LogP contribution is 2.20. The molecule has 0 aromatic carbocycles. The lowest BCUT2D eigenvalue weighted by molar-refractivity contribution is -0.0166. The van der Waals surface area contributed by atoms with Crippen LogP contribution in [0.5, 0.6) is 0 Å². The summed E-state index contributed by atoms with van der Waals surface area (Å²) in [6, 6.07) is 0.860. The Labute approximate surface area is 148 Å². The molecular weight excluding hydrogens is 304 g/mol. The average molecular weight is 343 g/mol. The zero-order valence-electron chi connectivity index (χ0n) is 16.7. The molecule has 1 rings (SSSR count). The standard InChI is InChI=1S/C18H38N4O2/c1-8-19-17(21-12-16(23-7)18(4,5)6)20-11-14(2)22-9-10-24-13-15(22)3/h14-16H,8-13H2,1-7H3,(H2,19,20,21). The summed E-state index contributed by atoms with van der Waals surface area (Å²) in [5, 5.41) is 6.74. The molecule has 6 nitrogen and oxygen atoms in total. The van der Waals surface area contributed by atoms with Crippen LogP contribution in [0.3, 0.4) is 0 Å². The van der Waals surface area contributed by atoms with Gasteiger partial charge in [-0.2, -0.15) is 0 Å². The van der Waals surface area contributed by atoms with E-state index in [9.17, 15) is 0 Å². The van der Waals surface area contributed by atoms with Gasteiger partial charge in [-0.3, -0.25) is 9.89 Å². The van der Waals surface area contributed by atoms with Crippen molar-refractivity contribution in [1.82, 2.24) is 15.5 Å². The van der Waals surface area contributed by atoms with Gasteiger partial charge in [0.05, 0.1) is 25.9 Å². The third kappa shape index (κ3) is 6.95. The maximum atomic E-state index is 5.61. The van der Waals surface area contributed by atoms with Crippen LogP contribution in [0.4, 0.5) is 0 Å². The normalized spacial score (nSPS) is 23.0. The van der Waals surface area contributed by atoms with E-state index in [4.69, 9.17) is 14.5 Å². The molecule has 1 fully saturated rings. The highest BCUT2D eigenvalue weighted by Gasteiger charge is 2.25. The fourth-order valence-electron chi connectivity index (χ4n) is 3.00. The number of rotatable bonds is 7. The number of methoxy groups -OCH3 is 1. The van der Waals surface area contributed by atoms with Crippen molar-refractivity contribution in [3.8, 4) is 0 Å². The number of morpholine rings is 1. The largest absolute Gasteiger partial charge is 0.379 e. The Hall–Kier alpha value is -0.850. The van der Waals surface area contributed by atoms with E-state index < -0.39 is 0 Å². The van der Waals surface area contributed by atoms with Gasteiger partial charge < -0.3 is 20.1 Å². The number of aliphatic imine (C=N–C) groups is 1. The van der Waals surface area contributed by atoms with Crippen molar-refractivity contribution < 1.29 is 9.47 Å². The average Bonchev–Trinajstić information content (AvgIpc) is 2.51. The van der Waals surface area contributed by atoms with E-state index in [1.165, 1.54) is 0 Å². The van der Waals surface area contributed by atoms with Gasteiger partial charge in [-0.05, 0) is 26.2 Å². The summed E-state index contributed by atoms with van der Waals surface area (Å²) in [7, 11) is 1.77. The van der Waals surface area contributed by atoms with Crippen molar-refractivity contribution in [2.75, 3.05) is 46.5 Å². The van der Waals surface area contributed by atoms with Crippen LogP contribution >= 0.6 is 0 Å². The quantitative estimate of drug-likeness (QED) is 0.545. The number of guanidine groups is 1. The van der Waals surface area contributed by atoms with Crippen molar-refractivity contribution in [1.29, 1.82) is 0 Å². The van der Waals surface area contributed by atoms with Crippen molar-refractivity contribution >= 4 is 5.96 Å². The van der Waals surface area contributed by atoms with Crippen LogP contribution in [-0.2, 0) is 9.47 Å². The van der Waals surface area contributed by atoms with Gasteiger partial charge in [-0.25, -0.2) is 0 Å². The monoisotopic (exact) mass is 342 g/mol. The third-order valence-corrected chi connectivity index (χ3v) is 4.55. The number of ether oxygens (including phenoxy) is 2. The zero-order valence-corrected chi connectivity index (χ0v) is 16.7. The molecule has 6 heteroatoms. The predicted octanol–water partition coefficient (Wildman–Crippen LogP) is 1.71. The second-order valence-corrected chi connectivity index (χ2v) is 7.70. The fourth-order valence-corrected chi connectivity index (χ4v) is 3.00. The molecule has 2 N–H and O–H groups in total. The maximum absolute atomic E-state index is 5.61. The second kappa shape index (κ2) is 10.2. The lowest BCUT2D eigenvalue weighted by Crippen LogP contribution is -2.50. The molecule has 0 saturated carbocycles. The first kappa shape index (κ1) is 21.2. The molecule has 3 unspecified atom stereocenters. The minimum Gasteiger partial charge on any atom is -0.379 e. The van der Waals surface area contributed by atoms with E-state index in [0.717, 1.165) is 45.4 Å². The summed E-state index contributed by atoms with van der Waals surface area (Å²) in [5.74, 6) is 0.858. The van der Waals surface area contributed by atoms with E-state index in [1.54, 1.807) is 7.11 Å². The van der Waals surface area contributed by atoms with E-state index >= 15 is 0 Å². The van der Waals surface area contributed by atoms with Crippen molar-refractivity contribution in [2.45, 2.75) is 59.7 Å². The molecule has 24 heavy (non-hydrogen) atoms. The van der Waals surface area contributed by atoms with E-state index in [2.05, 4.69) is 57.1 Å². The highest BCUT2D eigenvalue weighted by atomic mass is 16.5. The number of hydrogen-bond acceptors (Lipinski definition) is 4. The van der Waals surface area contributed by atoms with Gasteiger partial charge in [0, 0.05) is 38.8 Å². The van der Waals surface area contributed by atoms with Crippen molar-refractivity contribution in [3.63, 3.8) is 0 Å². The Balaban J connectivity index is 2.58. The van der Waals surface area contributed by atoms with Gasteiger partial charge in [0.15, 0.2) is 5.96 Å². The summed E-state index contributed by atoms with van der Waals surface area (Å²) >= 11 is 0. The fraction of sp³-hybridized carbons (Fsp3) is 0.944.